The molecule has 1 aromatic carbocycles. The predicted molar refractivity (Wildman–Crippen MR) is 81.8 cm³/mol. The van der Waals surface area contributed by atoms with E-state index in [1.165, 1.54) is 52.8 Å². The van der Waals surface area contributed by atoms with Crippen LogP contribution in [0.15, 0.2) is 24.3 Å². The minimum Gasteiger partial charge on any atom is -0.366 e. The van der Waals surface area contributed by atoms with Crippen LogP contribution in [-0.2, 0) is 25.9 Å². The number of rotatable bonds is 5. The van der Waals surface area contributed by atoms with Gasteiger partial charge in [0, 0.05) is 34.0 Å². The summed E-state index contributed by atoms with van der Waals surface area (Å²) in [6.45, 7) is 1.10. The van der Waals surface area contributed by atoms with E-state index < -0.39 is 5.91 Å². The second kappa shape index (κ2) is 5.95. The fraction of sp³-hybridized carbons (Fsp3) is 0.312. The first-order chi connectivity index (χ1) is 10.1. The van der Waals surface area contributed by atoms with Gasteiger partial charge in [-0.15, -0.1) is 11.3 Å². The van der Waals surface area contributed by atoms with E-state index in [1.54, 1.807) is 0 Å². The van der Waals surface area contributed by atoms with E-state index in [9.17, 15) is 9.18 Å². The molecule has 1 aliphatic carbocycles. The van der Waals surface area contributed by atoms with E-state index in [1.807, 2.05) is 11.3 Å². The zero-order valence-corrected chi connectivity index (χ0v) is 12.4. The highest BCUT2D eigenvalue weighted by Gasteiger charge is 2.14. The van der Waals surface area contributed by atoms with Crippen molar-refractivity contribution in [1.29, 1.82) is 0 Å². The largest absolute Gasteiger partial charge is 0.366 e. The molecule has 1 amide bonds. The first-order valence-corrected chi connectivity index (χ1v) is 7.84. The van der Waals surface area contributed by atoms with E-state index in [2.05, 4.69) is 11.4 Å². The number of fused-ring (bicyclic) bond motifs is 1. The average molecular weight is 304 g/mol. The van der Waals surface area contributed by atoms with Gasteiger partial charge in [-0.05, 0) is 49.1 Å². The fourth-order valence-corrected chi connectivity index (χ4v) is 3.89. The SMILES string of the molecule is NC(=O)c1ccc(F)c(CNCc2cc3c(s2)CCC3)c1. The number of nitrogens with one attached hydrogen (secondary N) is 1. The van der Waals surface area contributed by atoms with E-state index in [0.717, 1.165) is 6.54 Å². The van der Waals surface area contributed by atoms with Crippen LogP contribution in [0.25, 0.3) is 0 Å². The molecule has 110 valence electrons. The number of carbonyl (C=O) groups excluding carboxylic acids is 1. The fourth-order valence-electron chi connectivity index (χ4n) is 2.66. The molecule has 0 bridgehead atoms. The van der Waals surface area contributed by atoms with Crippen LogP contribution in [0.4, 0.5) is 4.39 Å². The molecule has 0 aliphatic heterocycles. The van der Waals surface area contributed by atoms with Crippen LogP contribution in [-0.4, -0.2) is 5.91 Å². The summed E-state index contributed by atoms with van der Waals surface area (Å²) >= 11 is 1.84. The van der Waals surface area contributed by atoms with Crippen LogP contribution < -0.4 is 11.1 Å². The molecule has 1 aromatic heterocycles. The standard InChI is InChI=1S/C16H17FN2OS/c17-14-5-4-11(16(18)20)6-12(14)8-19-9-13-7-10-2-1-3-15(10)21-13/h4-7,19H,1-3,8-9H2,(H2,18,20). The van der Waals surface area contributed by atoms with Crippen molar-refractivity contribution in [1.82, 2.24) is 5.32 Å². The Hall–Kier alpha value is -1.72. The first kappa shape index (κ1) is 14.2. The molecular weight excluding hydrogens is 287 g/mol. The quantitative estimate of drug-likeness (QED) is 0.892. The van der Waals surface area contributed by atoms with Crippen molar-refractivity contribution in [2.24, 2.45) is 5.73 Å². The summed E-state index contributed by atoms with van der Waals surface area (Å²) in [5, 5.41) is 3.23. The average Bonchev–Trinajstić information content (AvgIpc) is 3.01. The lowest BCUT2D eigenvalue weighted by Gasteiger charge is -2.06. The van der Waals surface area contributed by atoms with Crippen molar-refractivity contribution in [3.8, 4) is 0 Å². The summed E-state index contributed by atoms with van der Waals surface area (Å²) in [5.41, 5.74) is 7.49. The molecule has 0 atom stereocenters. The van der Waals surface area contributed by atoms with E-state index in [-0.39, 0.29) is 5.82 Å². The summed E-state index contributed by atoms with van der Waals surface area (Å²) in [7, 11) is 0. The summed E-state index contributed by atoms with van der Waals surface area (Å²) in [4.78, 5) is 13.9. The smallest absolute Gasteiger partial charge is 0.248 e. The Morgan fingerprint density at radius 2 is 2.14 bits per heavy atom. The molecule has 2 aromatic rings. The lowest BCUT2D eigenvalue weighted by molar-refractivity contribution is 0.1000. The molecule has 0 fully saturated rings. The molecule has 3 N–H and O–H groups in total. The number of hydrogen-bond donors (Lipinski definition) is 2. The highest BCUT2D eigenvalue weighted by molar-refractivity contribution is 7.12. The maximum Gasteiger partial charge on any atom is 0.248 e. The zero-order chi connectivity index (χ0) is 14.8. The highest BCUT2D eigenvalue weighted by Crippen LogP contribution is 2.30. The molecule has 0 radical (unpaired) electrons. The molecule has 0 spiro atoms. The molecular formula is C16H17FN2OS. The Labute approximate surface area is 127 Å². The second-order valence-corrected chi connectivity index (χ2v) is 6.51. The van der Waals surface area contributed by atoms with E-state index in [0.29, 0.717) is 17.7 Å². The molecule has 0 saturated heterocycles. The number of benzene rings is 1. The van der Waals surface area contributed by atoms with Crippen LogP contribution >= 0.6 is 11.3 Å². The van der Waals surface area contributed by atoms with E-state index in [4.69, 9.17) is 5.73 Å². The number of aryl methyl sites for hydroxylation is 2. The number of halogens is 1. The summed E-state index contributed by atoms with van der Waals surface area (Å²) in [6, 6.07) is 6.46. The Kier molecular flexibility index (Phi) is 4.03. The molecule has 3 rings (SSSR count). The van der Waals surface area contributed by atoms with Crippen LogP contribution in [0.2, 0.25) is 0 Å². The van der Waals surface area contributed by atoms with Gasteiger partial charge in [0.2, 0.25) is 5.91 Å². The number of hydrogen-bond acceptors (Lipinski definition) is 3. The monoisotopic (exact) mass is 304 g/mol. The lowest BCUT2D eigenvalue weighted by Crippen LogP contribution is -2.15. The third-order valence-electron chi connectivity index (χ3n) is 3.74. The summed E-state index contributed by atoms with van der Waals surface area (Å²) < 4.78 is 13.7. The first-order valence-electron chi connectivity index (χ1n) is 7.03. The maximum atomic E-state index is 13.7. The van der Waals surface area contributed by atoms with Crippen LogP contribution in [0.5, 0.6) is 0 Å². The number of primary amides is 1. The minimum absolute atomic E-state index is 0.318. The summed E-state index contributed by atoms with van der Waals surface area (Å²) in [5.74, 6) is -0.855. The van der Waals surface area contributed by atoms with Gasteiger partial charge in [-0.3, -0.25) is 4.79 Å². The molecule has 0 unspecified atom stereocenters. The topological polar surface area (TPSA) is 55.1 Å². The molecule has 3 nitrogen and oxygen atoms in total. The Morgan fingerprint density at radius 3 is 2.90 bits per heavy atom. The van der Waals surface area contributed by atoms with E-state index >= 15 is 0 Å². The van der Waals surface area contributed by atoms with Crippen molar-refractivity contribution >= 4 is 17.2 Å². The van der Waals surface area contributed by atoms with Crippen molar-refractivity contribution in [3.63, 3.8) is 0 Å². The number of thiophene rings is 1. The van der Waals surface area contributed by atoms with Crippen molar-refractivity contribution in [2.75, 3.05) is 0 Å². The number of carbonyl (C=O) groups is 1. The zero-order valence-electron chi connectivity index (χ0n) is 11.6. The van der Waals surface area contributed by atoms with Gasteiger partial charge in [0.15, 0.2) is 0 Å². The Morgan fingerprint density at radius 1 is 1.29 bits per heavy atom. The van der Waals surface area contributed by atoms with Gasteiger partial charge < -0.3 is 11.1 Å². The molecule has 0 saturated carbocycles. The van der Waals surface area contributed by atoms with Crippen LogP contribution in [0.3, 0.4) is 0 Å². The molecule has 5 heteroatoms. The van der Waals surface area contributed by atoms with Crippen molar-refractivity contribution in [2.45, 2.75) is 32.4 Å². The van der Waals surface area contributed by atoms with Crippen molar-refractivity contribution in [3.05, 3.63) is 56.5 Å². The molecule has 1 aliphatic rings. The normalized spacial score (nSPS) is 13.4. The third-order valence-corrected chi connectivity index (χ3v) is 4.98. The Balaban J connectivity index is 1.62. The van der Waals surface area contributed by atoms with Crippen LogP contribution in [0, 0.1) is 5.82 Å². The van der Waals surface area contributed by atoms with Gasteiger partial charge in [0.05, 0.1) is 0 Å². The third kappa shape index (κ3) is 3.14. The van der Waals surface area contributed by atoms with Gasteiger partial charge in [-0.2, -0.15) is 0 Å². The van der Waals surface area contributed by atoms with Gasteiger partial charge in [-0.1, -0.05) is 0 Å². The van der Waals surface area contributed by atoms with Gasteiger partial charge in [0.25, 0.3) is 0 Å². The molecule has 21 heavy (non-hydrogen) atoms. The number of amides is 1. The lowest BCUT2D eigenvalue weighted by atomic mass is 10.1. The number of nitrogens with two attached hydrogens (primary N) is 1. The second-order valence-electron chi connectivity index (χ2n) is 5.29. The Bertz CT molecular complexity index is 659. The minimum atomic E-state index is -0.536. The van der Waals surface area contributed by atoms with Gasteiger partial charge in [0.1, 0.15) is 5.82 Å². The maximum absolute atomic E-state index is 13.7. The van der Waals surface area contributed by atoms with Gasteiger partial charge >= 0.3 is 0 Å². The van der Waals surface area contributed by atoms with Gasteiger partial charge in [-0.25, -0.2) is 4.39 Å². The van der Waals surface area contributed by atoms with Crippen molar-refractivity contribution < 1.29 is 9.18 Å². The summed E-state index contributed by atoms with van der Waals surface area (Å²) in [6.07, 6.45) is 3.64. The van der Waals surface area contributed by atoms with Crippen LogP contribution in [0.1, 0.15) is 37.7 Å². The highest BCUT2D eigenvalue weighted by atomic mass is 32.1. The molecule has 1 heterocycles. The predicted octanol–water partition coefficient (Wildman–Crippen LogP) is 2.76.